The molecule has 2 amide bonds. The fourth-order valence-electron chi connectivity index (χ4n) is 4.90. The van der Waals surface area contributed by atoms with Crippen molar-refractivity contribution in [1.82, 2.24) is 10.2 Å². The molecule has 6 heteroatoms. The normalized spacial score (nSPS) is 19.1. The number of benzene rings is 2. The second-order valence-corrected chi connectivity index (χ2v) is 9.24. The number of carbonyl (C=O) groups excluding carboxylic acids is 2. The Balaban J connectivity index is 1.48. The molecule has 33 heavy (non-hydrogen) atoms. The van der Waals surface area contributed by atoms with E-state index < -0.39 is 6.04 Å². The summed E-state index contributed by atoms with van der Waals surface area (Å²) >= 11 is 0. The Hall–Kier alpha value is -2.89. The maximum Gasteiger partial charge on any atom is 0.242 e. The van der Waals surface area contributed by atoms with Gasteiger partial charge in [0.25, 0.3) is 0 Å². The highest BCUT2D eigenvalue weighted by Gasteiger charge is 2.32. The number of carbonyl (C=O) groups is 2. The lowest BCUT2D eigenvalue weighted by Crippen LogP contribution is -2.48. The van der Waals surface area contributed by atoms with Crippen LogP contribution in [0, 0.1) is 11.7 Å². The van der Waals surface area contributed by atoms with Crippen LogP contribution in [0.1, 0.15) is 62.5 Å². The van der Waals surface area contributed by atoms with E-state index in [1.54, 1.807) is 11.0 Å². The third-order valence-electron chi connectivity index (χ3n) is 6.69. The maximum absolute atomic E-state index is 13.4. The molecule has 1 aliphatic carbocycles. The van der Waals surface area contributed by atoms with Crippen LogP contribution in [-0.2, 0) is 22.7 Å². The fraction of sp³-hybridized carbons (Fsp3) is 0.481. The number of amides is 2. The minimum atomic E-state index is -0.432. The largest absolute Gasteiger partial charge is 0.489 e. The Morgan fingerprint density at radius 3 is 2.58 bits per heavy atom. The average molecular weight is 453 g/mol. The molecule has 5 nitrogen and oxygen atoms in total. The van der Waals surface area contributed by atoms with Gasteiger partial charge < -0.3 is 15.0 Å². The van der Waals surface area contributed by atoms with Crippen LogP contribution >= 0.6 is 0 Å². The van der Waals surface area contributed by atoms with Crippen molar-refractivity contribution < 1.29 is 18.7 Å². The van der Waals surface area contributed by atoms with Gasteiger partial charge in [-0.25, -0.2) is 4.39 Å². The van der Waals surface area contributed by atoms with Crippen LogP contribution in [0.15, 0.2) is 48.5 Å². The molecule has 1 saturated carbocycles. The molecule has 0 unspecified atom stereocenters. The highest BCUT2D eigenvalue weighted by molar-refractivity contribution is 5.88. The number of halogens is 1. The molecule has 0 radical (unpaired) electrons. The molecule has 176 valence electrons. The lowest BCUT2D eigenvalue weighted by Gasteiger charge is -2.31. The highest BCUT2D eigenvalue weighted by Crippen LogP contribution is 2.29. The summed E-state index contributed by atoms with van der Waals surface area (Å²) in [6.07, 6.45) is 7.64. The topological polar surface area (TPSA) is 58.6 Å². The van der Waals surface area contributed by atoms with Crippen molar-refractivity contribution in [2.24, 2.45) is 5.92 Å². The maximum atomic E-state index is 13.4. The van der Waals surface area contributed by atoms with E-state index in [1.165, 1.54) is 25.0 Å². The number of hydrogen-bond donors (Lipinski definition) is 1. The number of hydrogen-bond acceptors (Lipinski definition) is 3. The molecule has 0 aromatic heterocycles. The minimum Gasteiger partial charge on any atom is -0.489 e. The van der Waals surface area contributed by atoms with E-state index in [1.807, 2.05) is 30.3 Å². The first-order chi connectivity index (χ1) is 16.1. The quantitative estimate of drug-likeness (QED) is 0.614. The first-order valence-electron chi connectivity index (χ1n) is 12.1. The van der Waals surface area contributed by atoms with Crippen LogP contribution in [0.4, 0.5) is 4.39 Å². The van der Waals surface area contributed by atoms with Gasteiger partial charge in [0.15, 0.2) is 0 Å². The molecule has 1 saturated heterocycles. The molecule has 1 heterocycles. The van der Waals surface area contributed by atoms with Gasteiger partial charge in [-0.05, 0) is 73.4 Å². The zero-order valence-electron chi connectivity index (χ0n) is 19.1. The number of nitrogens with one attached hydrogen (secondary N) is 1. The predicted octanol–water partition coefficient (Wildman–Crippen LogP) is 4.98. The zero-order valence-corrected chi connectivity index (χ0v) is 19.1. The van der Waals surface area contributed by atoms with Gasteiger partial charge >= 0.3 is 0 Å². The molecule has 2 fully saturated rings. The van der Waals surface area contributed by atoms with Gasteiger partial charge in [0.2, 0.25) is 11.8 Å². The van der Waals surface area contributed by atoms with Crippen LogP contribution < -0.4 is 10.1 Å². The van der Waals surface area contributed by atoms with Crippen molar-refractivity contribution >= 4 is 11.8 Å². The molecule has 4 rings (SSSR count). The van der Waals surface area contributed by atoms with E-state index in [2.05, 4.69) is 5.32 Å². The number of rotatable bonds is 8. The minimum absolute atomic E-state index is 0.0502. The van der Waals surface area contributed by atoms with Crippen LogP contribution in [0.3, 0.4) is 0 Å². The SMILES string of the molecule is O=C1NCCCC[C@@H]1N(Cc1cccc(OCc2cccc(F)c2)c1)C(=O)CC1CCCC1. The van der Waals surface area contributed by atoms with Crippen molar-refractivity contribution in [3.05, 3.63) is 65.5 Å². The van der Waals surface area contributed by atoms with Crippen molar-refractivity contribution in [2.75, 3.05) is 6.54 Å². The molecule has 2 aromatic carbocycles. The molecule has 2 aliphatic rings. The zero-order chi connectivity index (χ0) is 23.0. The summed E-state index contributed by atoms with van der Waals surface area (Å²) in [4.78, 5) is 27.9. The van der Waals surface area contributed by atoms with Gasteiger partial charge in [-0.15, -0.1) is 0 Å². The Kier molecular flexibility index (Phi) is 7.97. The van der Waals surface area contributed by atoms with Crippen LogP contribution in [0.2, 0.25) is 0 Å². The van der Waals surface area contributed by atoms with Gasteiger partial charge in [0.1, 0.15) is 24.2 Å². The van der Waals surface area contributed by atoms with Crippen LogP contribution in [0.5, 0.6) is 5.75 Å². The standard InChI is InChI=1S/C27H33FN2O3/c28-23-11-5-10-22(15-23)19-33-24-12-6-9-21(16-24)18-30(25-13-3-4-14-29-27(25)32)26(31)17-20-7-1-2-8-20/h5-6,9-12,15-16,20,25H,1-4,7-8,13-14,17-19H2,(H,29,32)/t25-/m0/s1. The molecule has 0 spiro atoms. The summed E-state index contributed by atoms with van der Waals surface area (Å²) in [7, 11) is 0. The summed E-state index contributed by atoms with van der Waals surface area (Å²) < 4.78 is 19.3. The molecule has 1 N–H and O–H groups in total. The van der Waals surface area contributed by atoms with Gasteiger partial charge in [-0.1, -0.05) is 37.1 Å². The second-order valence-electron chi connectivity index (χ2n) is 9.24. The lowest BCUT2D eigenvalue weighted by molar-refractivity contribution is -0.142. The van der Waals surface area contributed by atoms with Crippen LogP contribution in [-0.4, -0.2) is 29.3 Å². The van der Waals surface area contributed by atoms with Crippen molar-refractivity contribution in [2.45, 2.75) is 70.6 Å². The van der Waals surface area contributed by atoms with Crippen molar-refractivity contribution in [3.63, 3.8) is 0 Å². The summed E-state index contributed by atoms with van der Waals surface area (Å²) in [5.74, 6) is 0.809. The molecular formula is C27H33FN2O3. The molecule has 1 aliphatic heterocycles. The van der Waals surface area contributed by atoms with E-state index in [9.17, 15) is 14.0 Å². The second kappa shape index (κ2) is 11.3. The van der Waals surface area contributed by atoms with Crippen molar-refractivity contribution in [1.29, 1.82) is 0 Å². The van der Waals surface area contributed by atoms with Crippen molar-refractivity contribution in [3.8, 4) is 5.75 Å². The Bertz CT molecular complexity index is 958. The average Bonchev–Trinajstić information content (AvgIpc) is 3.23. The third kappa shape index (κ3) is 6.56. The Labute approximate surface area is 195 Å². The molecule has 2 aromatic rings. The lowest BCUT2D eigenvalue weighted by atomic mass is 10.0. The first kappa shape index (κ1) is 23.3. The molecule has 1 atom stereocenters. The summed E-state index contributed by atoms with van der Waals surface area (Å²) in [6, 6.07) is 13.5. The predicted molar refractivity (Wildman–Crippen MR) is 125 cm³/mol. The van der Waals surface area contributed by atoms with E-state index in [-0.39, 0.29) is 24.2 Å². The molecular weight excluding hydrogens is 419 g/mol. The summed E-state index contributed by atoms with van der Waals surface area (Å²) in [6.45, 7) is 1.31. The van der Waals surface area contributed by atoms with Gasteiger partial charge in [0, 0.05) is 19.5 Å². The van der Waals surface area contributed by atoms with Gasteiger partial charge in [-0.2, -0.15) is 0 Å². The Morgan fingerprint density at radius 1 is 1.00 bits per heavy atom. The Morgan fingerprint density at radius 2 is 1.76 bits per heavy atom. The molecule has 0 bridgehead atoms. The van der Waals surface area contributed by atoms with E-state index >= 15 is 0 Å². The smallest absolute Gasteiger partial charge is 0.242 e. The fourth-order valence-corrected chi connectivity index (χ4v) is 4.90. The number of ether oxygens (including phenoxy) is 1. The van der Waals surface area contributed by atoms with E-state index in [0.717, 1.165) is 36.8 Å². The van der Waals surface area contributed by atoms with Crippen LogP contribution in [0.25, 0.3) is 0 Å². The first-order valence-corrected chi connectivity index (χ1v) is 12.1. The highest BCUT2D eigenvalue weighted by atomic mass is 19.1. The third-order valence-corrected chi connectivity index (χ3v) is 6.69. The monoisotopic (exact) mass is 452 g/mol. The van der Waals surface area contributed by atoms with Gasteiger partial charge in [0.05, 0.1) is 0 Å². The summed E-state index contributed by atoms with van der Waals surface area (Å²) in [5.41, 5.74) is 1.67. The number of nitrogens with zero attached hydrogens (tertiary/aromatic N) is 1. The van der Waals surface area contributed by atoms with E-state index in [4.69, 9.17) is 4.74 Å². The summed E-state index contributed by atoms with van der Waals surface area (Å²) in [5, 5.41) is 2.98. The van der Waals surface area contributed by atoms with Gasteiger partial charge in [-0.3, -0.25) is 9.59 Å². The van der Waals surface area contributed by atoms with E-state index in [0.29, 0.717) is 37.6 Å².